The van der Waals surface area contributed by atoms with Crippen molar-refractivity contribution in [2.75, 3.05) is 19.7 Å². The largest absolute Gasteiger partial charge is 0.494 e. The van der Waals surface area contributed by atoms with Gasteiger partial charge in [-0.1, -0.05) is 36.8 Å². The van der Waals surface area contributed by atoms with Crippen molar-refractivity contribution in [3.63, 3.8) is 0 Å². The molecule has 0 saturated carbocycles. The Balaban J connectivity index is 1.49. The van der Waals surface area contributed by atoms with Gasteiger partial charge in [0.2, 0.25) is 0 Å². The van der Waals surface area contributed by atoms with Crippen LogP contribution in [0.25, 0.3) is 10.8 Å². The van der Waals surface area contributed by atoms with Gasteiger partial charge in [-0.25, -0.2) is 0 Å². The molecule has 23 heavy (non-hydrogen) atoms. The minimum Gasteiger partial charge on any atom is -0.494 e. The number of fused-ring (bicyclic) bond motifs is 1. The van der Waals surface area contributed by atoms with Crippen molar-refractivity contribution in [1.29, 1.82) is 0 Å². The topological polar surface area (TPSA) is 49.8 Å². The average Bonchev–Trinajstić information content (AvgIpc) is 2.59. The molecule has 0 spiro atoms. The zero-order valence-corrected chi connectivity index (χ0v) is 13.3. The first-order valence-corrected chi connectivity index (χ1v) is 8.32. The fourth-order valence-corrected chi connectivity index (χ4v) is 3.25. The fraction of sp³-hybridized carbons (Fsp3) is 0.421. The number of nitrogens with zero attached hydrogens (tertiary/aromatic N) is 1. The Hall–Kier alpha value is -2.07. The van der Waals surface area contributed by atoms with Crippen molar-refractivity contribution in [2.45, 2.75) is 31.7 Å². The molecule has 2 aromatic rings. The van der Waals surface area contributed by atoms with Crippen molar-refractivity contribution in [1.82, 2.24) is 4.90 Å². The first-order valence-electron chi connectivity index (χ1n) is 8.32. The molecule has 1 atom stereocenters. The van der Waals surface area contributed by atoms with E-state index < -0.39 is 5.97 Å². The van der Waals surface area contributed by atoms with Crippen LogP contribution >= 0.6 is 0 Å². The van der Waals surface area contributed by atoms with Crippen LogP contribution in [0.4, 0.5) is 0 Å². The maximum Gasteiger partial charge on any atom is 0.320 e. The summed E-state index contributed by atoms with van der Waals surface area (Å²) in [5.41, 5.74) is 0. The minimum atomic E-state index is -0.694. The van der Waals surface area contributed by atoms with E-state index in [1.807, 2.05) is 18.2 Å². The second kappa shape index (κ2) is 7.47. The van der Waals surface area contributed by atoms with Crippen LogP contribution in [0.1, 0.15) is 25.7 Å². The van der Waals surface area contributed by atoms with Gasteiger partial charge in [-0.3, -0.25) is 9.69 Å². The van der Waals surface area contributed by atoms with Crippen LogP contribution in [0.15, 0.2) is 42.5 Å². The van der Waals surface area contributed by atoms with Crippen molar-refractivity contribution in [2.24, 2.45) is 0 Å². The molecule has 1 aliphatic heterocycles. The molecule has 1 unspecified atom stereocenters. The summed E-state index contributed by atoms with van der Waals surface area (Å²) in [6, 6.07) is 14.0. The summed E-state index contributed by atoms with van der Waals surface area (Å²) in [7, 11) is 0. The SMILES string of the molecule is O=C(O)C1CCCCN1CCCOc1ccc2ccccc2c1. The number of likely N-dealkylation sites (tertiary alicyclic amines) is 1. The van der Waals surface area contributed by atoms with Crippen LogP contribution in [0.5, 0.6) is 5.75 Å². The summed E-state index contributed by atoms with van der Waals surface area (Å²) < 4.78 is 5.83. The van der Waals surface area contributed by atoms with Crippen molar-refractivity contribution >= 4 is 16.7 Å². The lowest BCUT2D eigenvalue weighted by atomic mass is 10.0. The number of piperidine rings is 1. The van der Waals surface area contributed by atoms with Crippen LogP contribution in [-0.2, 0) is 4.79 Å². The van der Waals surface area contributed by atoms with Gasteiger partial charge < -0.3 is 9.84 Å². The van der Waals surface area contributed by atoms with E-state index in [0.717, 1.165) is 44.5 Å². The van der Waals surface area contributed by atoms with Crippen molar-refractivity contribution in [3.8, 4) is 5.75 Å². The number of ether oxygens (including phenoxy) is 1. The van der Waals surface area contributed by atoms with Crippen LogP contribution in [0, 0.1) is 0 Å². The van der Waals surface area contributed by atoms with Gasteiger partial charge in [0.05, 0.1) is 6.61 Å². The Morgan fingerprint density at radius 1 is 1.17 bits per heavy atom. The number of hydrogen-bond acceptors (Lipinski definition) is 3. The molecule has 122 valence electrons. The molecule has 0 aromatic heterocycles. The van der Waals surface area contributed by atoms with E-state index in [1.165, 1.54) is 10.8 Å². The molecule has 0 aliphatic carbocycles. The van der Waals surface area contributed by atoms with Gasteiger partial charge in [-0.2, -0.15) is 0 Å². The number of carboxylic acids is 1. The quantitative estimate of drug-likeness (QED) is 0.829. The van der Waals surface area contributed by atoms with Crippen molar-refractivity contribution in [3.05, 3.63) is 42.5 Å². The molecule has 2 aromatic carbocycles. The number of carboxylic acid groups (broad SMARTS) is 1. The summed E-state index contributed by atoms with van der Waals surface area (Å²) in [5.74, 6) is 0.178. The standard InChI is InChI=1S/C19H23NO3/c21-19(22)18-8-3-4-11-20(18)12-5-13-23-17-10-9-15-6-1-2-7-16(15)14-17/h1-2,6-7,9-10,14,18H,3-5,8,11-13H2,(H,21,22). The Morgan fingerprint density at radius 2 is 2.00 bits per heavy atom. The maximum atomic E-state index is 11.3. The highest BCUT2D eigenvalue weighted by atomic mass is 16.5. The van der Waals surface area contributed by atoms with Gasteiger partial charge in [0.1, 0.15) is 11.8 Å². The molecule has 0 radical (unpaired) electrons. The highest BCUT2D eigenvalue weighted by molar-refractivity contribution is 5.83. The predicted molar refractivity (Wildman–Crippen MR) is 90.9 cm³/mol. The van der Waals surface area contributed by atoms with Crippen LogP contribution in [0.2, 0.25) is 0 Å². The Kier molecular flexibility index (Phi) is 5.13. The third-order valence-electron chi connectivity index (χ3n) is 4.48. The van der Waals surface area contributed by atoms with Gasteiger partial charge in [0.25, 0.3) is 0 Å². The number of benzene rings is 2. The zero-order chi connectivity index (χ0) is 16.1. The Morgan fingerprint density at radius 3 is 2.83 bits per heavy atom. The summed E-state index contributed by atoms with van der Waals surface area (Å²) in [6.45, 7) is 2.28. The Bertz CT molecular complexity index is 670. The first kappa shape index (κ1) is 15.8. The molecule has 4 nitrogen and oxygen atoms in total. The fourth-order valence-electron chi connectivity index (χ4n) is 3.25. The monoisotopic (exact) mass is 313 g/mol. The van der Waals surface area contributed by atoms with Crippen LogP contribution < -0.4 is 4.74 Å². The summed E-state index contributed by atoms with van der Waals surface area (Å²) >= 11 is 0. The Labute approximate surface area is 136 Å². The summed E-state index contributed by atoms with van der Waals surface area (Å²) in [4.78, 5) is 13.3. The average molecular weight is 313 g/mol. The second-order valence-corrected chi connectivity index (χ2v) is 6.10. The highest BCUT2D eigenvalue weighted by Gasteiger charge is 2.27. The van der Waals surface area contributed by atoms with Crippen LogP contribution in [-0.4, -0.2) is 41.7 Å². The molecule has 1 aliphatic rings. The van der Waals surface area contributed by atoms with Gasteiger partial charge in [-0.15, -0.1) is 0 Å². The lowest BCUT2D eigenvalue weighted by molar-refractivity contribution is -0.144. The predicted octanol–water partition coefficient (Wildman–Crippen LogP) is 3.55. The third kappa shape index (κ3) is 4.02. The molecule has 1 saturated heterocycles. The summed E-state index contributed by atoms with van der Waals surface area (Å²) in [6.07, 6.45) is 3.72. The lowest BCUT2D eigenvalue weighted by Gasteiger charge is -2.32. The first-order chi connectivity index (χ1) is 11.2. The number of aliphatic carboxylic acids is 1. The smallest absolute Gasteiger partial charge is 0.320 e. The van der Waals surface area contributed by atoms with E-state index in [4.69, 9.17) is 4.74 Å². The molecular weight excluding hydrogens is 290 g/mol. The molecule has 0 amide bonds. The lowest BCUT2D eigenvalue weighted by Crippen LogP contribution is -2.45. The molecule has 0 bridgehead atoms. The van der Waals surface area contributed by atoms with E-state index in [-0.39, 0.29) is 6.04 Å². The van der Waals surface area contributed by atoms with Gasteiger partial charge >= 0.3 is 5.97 Å². The van der Waals surface area contributed by atoms with E-state index in [0.29, 0.717) is 6.61 Å². The molecule has 3 rings (SSSR count). The van der Waals surface area contributed by atoms with Gasteiger partial charge in [0, 0.05) is 6.54 Å². The van der Waals surface area contributed by atoms with E-state index >= 15 is 0 Å². The number of rotatable bonds is 6. The molecule has 1 N–H and O–H groups in total. The molecule has 4 heteroatoms. The zero-order valence-electron chi connectivity index (χ0n) is 13.3. The molecule has 1 fully saturated rings. The second-order valence-electron chi connectivity index (χ2n) is 6.10. The summed E-state index contributed by atoms with van der Waals surface area (Å²) in [5, 5.41) is 11.6. The minimum absolute atomic E-state index is 0.315. The van der Waals surface area contributed by atoms with Crippen molar-refractivity contribution < 1.29 is 14.6 Å². The highest BCUT2D eigenvalue weighted by Crippen LogP contribution is 2.21. The van der Waals surface area contributed by atoms with Crippen LogP contribution in [0.3, 0.4) is 0 Å². The number of carbonyl (C=O) groups is 1. The van der Waals surface area contributed by atoms with E-state index in [1.54, 1.807) is 0 Å². The van der Waals surface area contributed by atoms with E-state index in [9.17, 15) is 9.90 Å². The normalized spacial score (nSPS) is 18.9. The molecule has 1 heterocycles. The number of hydrogen-bond donors (Lipinski definition) is 1. The van der Waals surface area contributed by atoms with Gasteiger partial charge in [-0.05, 0) is 48.7 Å². The van der Waals surface area contributed by atoms with Gasteiger partial charge in [0.15, 0.2) is 0 Å². The third-order valence-corrected chi connectivity index (χ3v) is 4.48. The molecular formula is C19H23NO3. The van der Waals surface area contributed by atoms with E-state index in [2.05, 4.69) is 29.2 Å². The maximum absolute atomic E-state index is 11.3.